The monoisotopic (exact) mass is 232 g/mol. The van der Waals surface area contributed by atoms with Gasteiger partial charge in [0.1, 0.15) is 0 Å². The molecule has 2 nitrogen and oxygen atoms in total. The maximum atomic E-state index is 3.34. The Bertz CT molecular complexity index is 302. The quantitative estimate of drug-likeness (QED) is 0.858. The minimum Gasteiger partial charge on any atom is -0.318 e. The van der Waals surface area contributed by atoms with Crippen LogP contribution in [-0.4, -0.2) is 31.6 Å². The topological polar surface area (TPSA) is 15.3 Å². The van der Waals surface area contributed by atoms with E-state index in [0.717, 1.165) is 6.54 Å². The number of likely N-dealkylation sites (N-methyl/N-ethyl adjacent to an activating group) is 1. The largest absolute Gasteiger partial charge is 0.318 e. The Kier molecular flexibility index (Phi) is 5.02. The second-order valence-electron chi connectivity index (χ2n) is 4.93. The molecule has 0 radical (unpaired) electrons. The molecule has 94 valence electrons. The molecule has 1 N–H and O–H groups in total. The Morgan fingerprint density at radius 2 is 1.71 bits per heavy atom. The average molecular weight is 232 g/mol. The van der Waals surface area contributed by atoms with Crippen LogP contribution in [0.3, 0.4) is 0 Å². The maximum absolute atomic E-state index is 3.34. The van der Waals surface area contributed by atoms with Gasteiger partial charge in [0.05, 0.1) is 0 Å². The second kappa shape index (κ2) is 6.77. The summed E-state index contributed by atoms with van der Waals surface area (Å²) in [5.74, 6) is 0. The van der Waals surface area contributed by atoms with E-state index in [-0.39, 0.29) is 0 Å². The van der Waals surface area contributed by atoms with Gasteiger partial charge in [0.25, 0.3) is 0 Å². The summed E-state index contributed by atoms with van der Waals surface area (Å²) in [6, 6.07) is 11.5. The van der Waals surface area contributed by atoms with Gasteiger partial charge in [0.15, 0.2) is 0 Å². The van der Waals surface area contributed by atoms with Crippen LogP contribution < -0.4 is 5.32 Å². The van der Waals surface area contributed by atoms with Crippen LogP contribution in [0, 0.1) is 0 Å². The summed E-state index contributed by atoms with van der Waals surface area (Å²) in [6.45, 7) is 3.55. The molecular formula is C15H24N2. The Balaban J connectivity index is 2.10. The van der Waals surface area contributed by atoms with Crippen molar-refractivity contribution in [1.29, 1.82) is 0 Å². The normalized spacial score (nSPS) is 19.8. The third-order valence-corrected chi connectivity index (χ3v) is 3.66. The van der Waals surface area contributed by atoms with Gasteiger partial charge in [-0.3, -0.25) is 4.90 Å². The molecule has 17 heavy (non-hydrogen) atoms. The Morgan fingerprint density at radius 1 is 1.06 bits per heavy atom. The van der Waals surface area contributed by atoms with Crippen LogP contribution >= 0.6 is 0 Å². The highest BCUT2D eigenvalue weighted by Crippen LogP contribution is 2.23. The lowest BCUT2D eigenvalue weighted by atomic mass is 10.0. The number of nitrogens with one attached hydrogen (secondary N) is 1. The van der Waals surface area contributed by atoms with Gasteiger partial charge in [-0.15, -0.1) is 0 Å². The molecule has 0 aliphatic carbocycles. The summed E-state index contributed by atoms with van der Waals surface area (Å²) in [6.07, 6.45) is 5.51. The molecule has 0 spiro atoms. The van der Waals surface area contributed by atoms with Gasteiger partial charge in [-0.25, -0.2) is 0 Å². The molecular weight excluding hydrogens is 208 g/mol. The van der Waals surface area contributed by atoms with Gasteiger partial charge in [-0.05, 0) is 38.5 Å². The van der Waals surface area contributed by atoms with Crippen LogP contribution in [0.5, 0.6) is 0 Å². The molecule has 0 saturated carbocycles. The first-order chi connectivity index (χ1) is 8.42. The van der Waals surface area contributed by atoms with Gasteiger partial charge in [-0.2, -0.15) is 0 Å². The van der Waals surface area contributed by atoms with Crippen molar-refractivity contribution in [2.45, 2.75) is 31.7 Å². The van der Waals surface area contributed by atoms with E-state index in [1.165, 1.54) is 44.3 Å². The number of rotatable bonds is 4. The van der Waals surface area contributed by atoms with Crippen molar-refractivity contribution >= 4 is 0 Å². The molecule has 1 atom stereocenters. The van der Waals surface area contributed by atoms with Crippen LogP contribution in [0.4, 0.5) is 0 Å². The fourth-order valence-corrected chi connectivity index (χ4v) is 2.73. The van der Waals surface area contributed by atoms with Crippen molar-refractivity contribution in [3.05, 3.63) is 35.9 Å². The smallest absolute Gasteiger partial charge is 0.0472 e. The van der Waals surface area contributed by atoms with Crippen molar-refractivity contribution in [2.75, 3.05) is 26.7 Å². The number of hydrogen-bond donors (Lipinski definition) is 1. The van der Waals surface area contributed by atoms with Crippen LogP contribution in [0.25, 0.3) is 0 Å². The summed E-state index contributed by atoms with van der Waals surface area (Å²) in [4.78, 5) is 2.65. The van der Waals surface area contributed by atoms with E-state index in [1.807, 2.05) is 7.05 Å². The zero-order chi connectivity index (χ0) is 11.9. The Morgan fingerprint density at radius 3 is 2.29 bits per heavy atom. The van der Waals surface area contributed by atoms with Gasteiger partial charge < -0.3 is 5.32 Å². The lowest BCUT2D eigenvalue weighted by Crippen LogP contribution is -2.35. The predicted octanol–water partition coefficient (Wildman–Crippen LogP) is 2.82. The molecule has 1 aliphatic rings. The molecule has 0 amide bonds. The highest BCUT2D eigenvalue weighted by molar-refractivity contribution is 5.19. The van der Waals surface area contributed by atoms with E-state index >= 15 is 0 Å². The molecule has 1 fully saturated rings. The fourth-order valence-electron chi connectivity index (χ4n) is 2.73. The van der Waals surface area contributed by atoms with E-state index in [2.05, 4.69) is 40.5 Å². The highest BCUT2D eigenvalue weighted by Gasteiger charge is 2.20. The van der Waals surface area contributed by atoms with Crippen molar-refractivity contribution < 1.29 is 0 Å². The molecule has 1 aromatic carbocycles. The first-order valence-corrected chi connectivity index (χ1v) is 6.85. The van der Waals surface area contributed by atoms with Crippen molar-refractivity contribution in [3.63, 3.8) is 0 Å². The molecule has 0 aromatic heterocycles. The first kappa shape index (κ1) is 12.6. The van der Waals surface area contributed by atoms with Gasteiger partial charge >= 0.3 is 0 Å². The SMILES string of the molecule is CNCC(c1ccccc1)N1CCCCCC1. The lowest BCUT2D eigenvalue weighted by molar-refractivity contribution is 0.202. The van der Waals surface area contributed by atoms with Crippen LogP contribution in [0.15, 0.2) is 30.3 Å². The lowest BCUT2D eigenvalue weighted by Gasteiger charge is -2.31. The highest BCUT2D eigenvalue weighted by atomic mass is 15.2. The Labute approximate surface area is 105 Å². The molecule has 1 unspecified atom stereocenters. The van der Waals surface area contributed by atoms with Crippen LogP contribution in [0.1, 0.15) is 37.3 Å². The number of likely N-dealkylation sites (tertiary alicyclic amines) is 1. The summed E-state index contributed by atoms with van der Waals surface area (Å²) in [5, 5.41) is 3.34. The predicted molar refractivity (Wildman–Crippen MR) is 73.2 cm³/mol. The number of benzene rings is 1. The minimum absolute atomic E-state index is 0.541. The molecule has 1 aromatic rings. The van der Waals surface area contributed by atoms with E-state index in [9.17, 15) is 0 Å². The zero-order valence-electron chi connectivity index (χ0n) is 10.9. The molecule has 1 saturated heterocycles. The summed E-state index contributed by atoms with van der Waals surface area (Å²) >= 11 is 0. The van der Waals surface area contributed by atoms with Crippen LogP contribution in [-0.2, 0) is 0 Å². The summed E-state index contributed by atoms with van der Waals surface area (Å²) in [5.41, 5.74) is 1.45. The standard InChI is InChI=1S/C15H24N2/c1-16-13-15(14-9-5-4-6-10-14)17-11-7-2-3-8-12-17/h4-6,9-10,15-16H,2-3,7-8,11-13H2,1H3. The average Bonchev–Trinajstić information content (AvgIpc) is 2.66. The van der Waals surface area contributed by atoms with E-state index < -0.39 is 0 Å². The number of nitrogens with zero attached hydrogens (tertiary/aromatic N) is 1. The molecule has 2 rings (SSSR count). The summed E-state index contributed by atoms with van der Waals surface area (Å²) in [7, 11) is 2.05. The third-order valence-electron chi connectivity index (χ3n) is 3.66. The molecule has 0 bridgehead atoms. The van der Waals surface area contributed by atoms with Gasteiger partial charge in [0, 0.05) is 12.6 Å². The minimum atomic E-state index is 0.541. The fraction of sp³-hybridized carbons (Fsp3) is 0.600. The molecule has 1 aliphatic heterocycles. The van der Waals surface area contributed by atoms with Crippen molar-refractivity contribution in [3.8, 4) is 0 Å². The van der Waals surface area contributed by atoms with E-state index in [4.69, 9.17) is 0 Å². The first-order valence-electron chi connectivity index (χ1n) is 6.85. The van der Waals surface area contributed by atoms with E-state index in [1.54, 1.807) is 0 Å². The summed E-state index contributed by atoms with van der Waals surface area (Å²) < 4.78 is 0. The van der Waals surface area contributed by atoms with Crippen molar-refractivity contribution in [2.24, 2.45) is 0 Å². The third kappa shape index (κ3) is 3.55. The number of hydrogen-bond acceptors (Lipinski definition) is 2. The second-order valence-corrected chi connectivity index (χ2v) is 4.93. The van der Waals surface area contributed by atoms with Gasteiger partial charge in [0.2, 0.25) is 0 Å². The maximum Gasteiger partial charge on any atom is 0.0472 e. The molecule has 1 heterocycles. The van der Waals surface area contributed by atoms with Crippen molar-refractivity contribution in [1.82, 2.24) is 10.2 Å². The van der Waals surface area contributed by atoms with E-state index in [0.29, 0.717) is 6.04 Å². The van der Waals surface area contributed by atoms with Gasteiger partial charge in [-0.1, -0.05) is 43.2 Å². The zero-order valence-corrected chi connectivity index (χ0v) is 10.9. The Hall–Kier alpha value is -0.860. The van der Waals surface area contributed by atoms with Crippen LogP contribution in [0.2, 0.25) is 0 Å². The molecule has 2 heteroatoms.